The molecular weight excluding hydrogens is 332 g/mol. The van der Waals surface area contributed by atoms with Crippen LogP contribution in [0.1, 0.15) is 13.3 Å². The second kappa shape index (κ2) is 5.48. The zero-order valence-corrected chi connectivity index (χ0v) is 13.2. The van der Waals surface area contributed by atoms with Crippen LogP contribution in [0.15, 0.2) is 40.9 Å². The van der Waals surface area contributed by atoms with Crippen LogP contribution in [0.4, 0.5) is 5.69 Å². The molecule has 21 heavy (non-hydrogen) atoms. The van der Waals surface area contributed by atoms with Crippen molar-refractivity contribution >= 4 is 44.2 Å². The van der Waals surface area contributed by atoms with E-state index in [2.05, 4.69) is 21.2 Å². The number of amides is 2. The number of carbonyl (C=O) groups is 2. The molecule has 0 aliphatic carbocycles. The number of halogens is 1. The van der Waals surface area contributed by atoms with Crippen LogP contribution in [-0.4, -0.2) is 29.3 Å². The summed E-state index contributed by atoms with van der Waals surface area (Å²) in [6.07, 6.45) is 0.219. The number of benzene rings is 2. The van der Waals surface area contributed by atoms with Gasteiger partial charge >= 0.3 is 0 Å². The van der Waals surface area contributed by atoms with Crippen molar-refractivity contribution in [2.45, 2.75) is 19.4 Å². The molecule has 1 aliphatic rings. The molecule has 1 fully saturated rings. The minimum atomic E-state index is -0.470. The molecule has 0 saturated carbocycles. The zero-order chi connectivity index (χ0) is 15.0. The van der Waals surface area contributed by atoms with E-state index in [1.54, 1.807) is 0 Å². The number of likely N-dealkylation sites (tertiary alicyclic amines) is 1. The lowest BCUT2D eigenvalue weighted by molar-refractivity contribution is -0.138. The molecule has 2 amide bonds. The Labute approximate surface area is 131 Å². The van der Waals surface area contributed by atoms with E-state index < -0.39 is 6.04 Å². The average molecular weight is 347 g/mol. The number of hydrogen-bond donors (Lipinski definition) is 1. The van der Waals surface area contributed by atoms with Crippen molar-refractivity contribution in [3.8, 4) is 0 Å². The lowest BCUT2D eigenvalue weighted by Crippen LogP contribution is -2.34. The van der Waals surface area contributed by atoms with Crippen LogP contribution >= 0.6 is 15.9 Å². The van der Waals surface area contributed by atoms with E-state index in [1.165, 1.54) is 4.90 Å². The van der Waals surface area contributed by atoms with Gasteiger partial charge in [-0.05, 0) is 24.4 Å². The third-order valence-electron chi connectivity index (χ3n) is 3.76. The highest BCUT2D eigenvalue weighted by atomic mass is 79.9. The average Bonchev–Trinajstić information content (AvgIpc) is 2.76. The molecule has 1 atom stereocenters. The number of nitrogens with one attached hydrogen (secondary N) is 1. The Kier molecular flexibility index (Phi) is 3.68. The summed E-state index contributed by atoms with van der Waals surface area (Å²) in [5.41, 5.74) is 0.873. The minimum Gasteiger partial charge on any atom is -0.373 e. The number of anilines is 1. The fourth-order valence-corrected chi connectivity index (χ4v) is 3.18. The molecule has 1 saturated heterocycles. The summed E-state index contributed by atoms with van der Waals surface area (Å²) in [5.74, 6) is -0.254. The quantitative estimate of drug-likeness (QED) is 0.868. The van der Waals surface area contributed by atoms with Crippen molar-refractivity contribution in [3.05, 3.63) is 40.9 Å². The number of likely N-dealkylation sites (N-methyl/N-ethyl adjacent to an activating group) is 1. The predicted molar refractivity (Wildman–Crippen MR) is 86.1 cm³/mol. The molecule has 3 rings (SSSR count). The SMILES string of the molecule is CCN1C(=O)CC(Nc2ccc(Br)c3ccccc23)C1=O. The molecule has 4 nitrogen and oxygen atoms in total. The molecule has 1 aliphatic heterocycles. The maximum absolute atomic E-state index is 12.2. The van der Waals surface area contributed by atoms with Crippen molar-refractivity contribution in [1.29, 1.82) is 0 Å². The van der Waals surface area contributed by atoms with Gasteiger partial charge in [0, 0.05) is 22.1 Å². The molecule has 0 aromatic heterocycles. The Balaban J connectivity index is 1.95. The van der Waals surface area contributed by atoms with Crippen LogP contribution in [0.5, 0.6) is 0 Å². The van der Waals surface area contributed by atoms with E-state index in [-0.39, 0.29) is 18.2 Å². The summed E-state index contributed by atoms with van der Waals surface area (Å²) in [7, 11) is 0. The molecule has 1 unspecified atom stereocenters. The van der Waals surface area contributed by atoms with Gasteiger partial charge in [-0.1, -0.05) is 40.2 Å². The topological polar surface area (TPSA) is 49.4 Å². The Morgan fingerprint density at radius 2 is 1.90 bits per heavy atom. The largest absolute Gasteiger partial charge is 0.373 e. The van der Waals surface area contributed by atoms with E-state index in [0.29, 0.717) is 6.54 Å². The molecule has 1 heterocycles. The van der Waals surface area contributed by atoms with Crippen LogP contribution < -0.4 is 5.32 Å². The van der Waals surface area contributed by atoms with Gasteiger partial charge in [-0.2, -0.15) is 0 Å². The van der Waals surface area contributed by atoms with Gasteiger partial charge in [0.25, 0.3) is 5.91 Å². The molecule has 2 aromatic carbocycles. The minimum absolute atomic E-state index is 0.110. The number of rotatable bonds is 3. The van der Waals surface area contributed by atoms with Crippen LogP contribution in [-0.2, 0) is 9.59 Å². The van der Waals surface area contributed by atoms with Gasteiger partial charge in [0.05, 0.1) is 6.42 Å². The normalized spacial score (nSPS) is 18.6. The van der Waals surface area contributed by atoms with Crippen molar-refractivity contribution < 1.29 is 9.59 Å². The van der Waals surface area contributed by atoms with E-state index in [1.807, 2.05) is 43.3 Å². The summed E-state index contributed by atoms with van der Waals surface area (Å²) in [5, 5.41) is 5.33. The van der Waals surface area contributed by atoms with Crippen LogP contribution in [0, 0.1) is 0 Å². The lowest BCUT2D eigenvalue weighted by atomic mass is 10.1. The summed E-state index contributed by atoms with van der Waals surface area (Å²) in [6.45, 7) is 2.24. The van der Waals surface area contributed by atoms with Gasteiger partial charge in [-0.3, -0.25) is 14.5 Å². The fraction of sp³-hybridized carbons (Fsp3) is 0.250. The molecule has 5 heteroatoms. The first kappa shape index (κ1) is 14.1. The second-order valence-corrected chi connectivity index (χ2v) is 5.87. The Bertz CT molecular complexity index is 729. The number of fused-ring (bicyclic) bond motifs is 1. The number of hydrogen-bond acceptors (Lipinski definition) is 3. The van der Waals surface area contributed by atoms with Crippen LogP contribution in [0.3, 0.4) is 0 Å². The van der Waals surface area contributed by atoms with Gasteiger partial charge in [-0.25, -0.2) is 0 Å². The van der Waals surface area contributed by atoms with Crippen molar-refractivity contribution in [1.82, 2.24) is 4.90 Å². The molecule has 0 bridgehead atoms. The summed E-state index contributed by atoms with van der Waals surface area (Å²) in [4.78, 5) is 25.3. The highest BCUT2D eigenvalue weighted by molar-refractivity contribution is 9.10. The predicted octanol–water partition coefficient (Wildman–Crippen LogP) is 3.16. The monoisotopic (exact) mass is 346 g/mol. The molecule has 2 aromatic rings. The maximum Gasteiger partial charge on any atom is 0.252 e. The molecule has 0 radical (unpaired) electrons. The summed E-state index contributed by atoms with van der Waals surface area (Å²) < 4.78 is 1.01. The Morgan fingerprint density at radius 1 is 1.19 bits per heavy atom. The highest BCUT2D eigenvalue weighted by Crippen LogP contribution is 2.31. The van der Waals surface area contributed by atoms with E-state index in [4.69, 9.17) is 0 Å². The first-order valence-corrected chi connectivity index (χ1v) is 7.69. The number of imide groups is 1. The van der Waals surface area contributed by atoms with E-state index >= 15 is 0 Å². The van der Waals surface area contributed by atoms with Crippen LogP contribution in [0.25, 0.3) is 10.8 Å². The molecule has 108 valence electrons. The van der Waals surface area contributed by atoms with Crippen LogP contribution in [0.2, 0.25) is 0 Å². The van der Waals surface area contributed by atoms with Gasteiger partial charge in [0.2, 0.25) is 5.91 Å². The zero-order valence-electron chi connectivity index (χ0n) is 11.6. The van der Waals surface area contributed by atoms with E-state index in [0.717, 1.165) is 20.9 Å². The van der Waals surface area contributed by atoms with Gasteiger partial charge in [0.15, 0.2) is 0 Å². The maximum atomic E-state index is 12.2. The second-order valence-electron chi connectivity index (χ2n) is 5.02. The Hall–Kier alpha value is -1.88. The summed E-state index contributed by atoms with van der Waals surface area (Å²) in [6, 6.07) is 11.4. The van der Waals surface area contributed by atoms with Crippen molar-refractivity contribution in [2.75, 3.05) is 11.9 Å². The van der Waals surface area contributed by atoms with Crippen molar-refractivity contribution in [3.63, 3.8) is 0 Å². The van der Waals surface area contributed by atoms with Gasteiger partial charge in [0.1, 0.15) is 6.04 Å². The number of nitrogens with zero attached hydrogens (tertiary/aromatic N) is 1. The first-order valence-electron chi connectivity index (χ1n) is 6.89. The first-order chi connectivity index (χ1) is 10.1. The fourth-order valence-electron chi connectivity index (χ4n) is 2.70. The lowest BCUT2D eigenvalue weighted by Gasteiger charge is -2.16. The van der Waals surface area contributed by atoms with Gasteiger partial charge in [-0.15, -0.1) is 0 Å². The van der Waals surface area contributed by atoms with Gasteiger partial charge < -0.3 is 5.32 Å². The molecule has 1 N–H and O–H groups in total. The van der Waals surface area contributed by atoms with E-state index in [9.17, 15) is 9.59 Å². The third-order valence-corrected chi connectivity index (χ3v) is 4.45. The smallest absolute Gasteiger partial charge is 0.252 e. The molecular formula is C16H15BrN2O2. The number of carbonyl (C=O) groups excluding carboxylic acids is 2. The van der Waals surface area contributed by atoms with Crippen molar-refractivity contribution in [2.24, 2.45) is 0 Å². The Morgan fingerprint density at radius 3 is 2.57 bits per heavy atom. The summed E-state index contributed by atoms with van der Waals surface area (Å²) >= 11 is 3.53. The molecule has 0 spiro atoms. The highest BCUT2D eigenvalue weighted by Gasteiger charge is 2.37. The standard InChI is InChI=1S/C16H15BrN2O2/c1-2-19-15(20)9-14(16(19)21)18-13-8-7-12(17)10-5-3-4-6-11(10)13/h3-8,14,18H,2,9H2,1H3. The third kappa shape index (κ3) is 2.42.